The molecule has 1 atom stereocenters. The van der Waals surface area contributed by atoms with E-state index in [2.05, 4.69) is 20.6 Å². The number of hydrogen-bond acceptors (Lipinski definition) is 4. The number of hydrogen-bond donors (Lipinski definition) is 2. The van der Waals surface area contributed by atoms with Crippen LogP contribution in [0.4, 0.5) is 15.9 Å². The van der Waals surface area contributed by atoms with Gasteiger partial charge in [0.25, 0.3) is 0 Å². The summed E-state index contributed by atoms with van der Waals surface area (Å²) in [5.74, 6) is 0.380. The van der Waals surface area contributed by atoms with E-state index in [1.807, 2.05) is 31.2 Å². The van der Waals surface area contributed by atoms with Crippen molar-refractivity contribution in [3.63, 3.8) is 0 Å². The molecule has 2 N–H and O–H groups in total. The number of halogens is 1. The Hall–Kier alpha value is -3.02. The van der Waals surface area contributed by atoms with Crippen molar-refractivity contribution in [2.45, 2.75) is 25.8 Å². The molecule has 26 heavy (non-hydrogen) atoms. The molecule has 1 amide bonds. The van der Waals surface area contributed by atoms with E-state index in [-0.39, 0.29) is 23.7 Å². The van der Waals surface area contributed by atoms with Gasteiger partial charge in [-0.3, -0.25) is 4.79 Å². The first-order valence-electron chi connectivity index (χ1n) is 8.68. The Bertz CT molecular complexity index is 948. The second-order valence-corrected chi connectivity index (χ2v) is 6.61. The fourth-order valence-electron chi connectivity index (χ4n) is 2.91. The van der Waals surface area contributed by atoms with Gasteiger partial charge < -0.3 is 10.6 Å². The number of carbonyl (C=O) groups is 1. The molecule has 0 spiro atoms. The monoisotopic (exact) mass is 350 g/mol. The van der Waals surface area contributed by atoms with Gasteiger partial charge in [0, 0.05) is 17.6 Å². The van der Waals surface area contributed by atoms with Gasteiger partial charge in [-0.15, -0.1) is 0 Å². The zero-order chi connectivity index (χ0) is 18.1. The van der Waals surface area contributed by atoms with Crippen LogP contribution in [0, 0.1) is 11.7 Å². The second-order valence-electron chi connectivity index (χ2n) is 6.61. The minimum Gasteiger partial charge on any atom is -0.363 e. The van der Waals surface area contributed by atoms with Gasteiger partial charge in [-0.05, 0) is 49.6 Å². The normalized spacial score (nSPS) is 14.8. The number of fused-ring (bicyclic) bond motifs is 1. The highest BCUT2D eigenvalue weighted by Crippen LogP contribution is 2.30. The van der Waals surface area contributed by atoms with Crippen LogP contribution < -0.4 is 10.6 Å². The van der Waals surface area contributed by atoms with E-state index >= 15 is 0 Å². The van der Waals surface area contributed by atoms with Crippen molar-refractivity contribution in [2.24, 2.45) is 5.92 Å². The molecule has 3 aromatic rings. The lowest BCUT2D eigenvalue weighted by molar-refractivity contribution is -0.117. The van der Waals surface area contributed by atoms with Crippen molar-refractivity contribution < 1.29 is 9.18 Å². The molecule has 132 valence electrons. The van der Waals surface area contributed by atoms with Crippen molar-refractivity contribution >= 4 is 28.3 Å². The van der Waals surface area contributed by atoms with Crippen LogP contribution in [0.15, 0.2) is 48.8 Å². The Kier molecular flexibility index (Phi) is 4.24. The van der Waals surface area contributed by atoms with Crippen LogP contribution >= 0.6 is 0 Å². The van der Waals surface area contributed by atoms with Crippen LogP contribution in [0.3, 0.4) is 0 Å². The summed E-state index contributed by atoms with van der Waals surface area (Å²) < 4.78 is 14.2. The maximum atomic E-state index is 14.2. The third-order valence-electron chi connectivity index (χ3n) is 4.59. The fourth-order valence-corrected chi connectivity index (χ4v) is 2.91. The van der Waals surface area contributed by atoms with Crippen LogP contribution in [-0.4, -0.2) is 15.9 Å². The van der Waals surface area contributed by atoms with E-state index in [0.29, 0.717) is 16.7 Å². The average Bonchev–Trinajstić information content (AvgIpc) is 3.48. The van der Waals surface area contributed by atoms with Gasteiger partial charge in [-0.25, -0.2) is 14.4 Å². The van der Waals surface area contributed by atoms with E-state index in [1.54, 1.807) is 12.1 Å². The lowest BCUT2D eigenvalue weighted by Crippen LogP contribution is -2.13. The van der Waals surface area contributed by atoms with Gasteiger partial charge >= 0.3 is 0 Å². The van der Waals surface area contributed by atoms with E-state index in [0.717, 1.165) is 24.1 Å². The van der Waals surface area contributed by atoms with Crippen LogP contribution in [0.1, 0.15) is 31.4 Å². The summed E-state index contributed by atoms with van der Waals surface area (Å²) >= 11 is 0. The molecular formula is C20H19FN4O. The lowest BCUT2D eigenvalue weighted by atomic mass is 10.1. The molecule has 5 nitrogen and oxygen atoms in total. The Morgan fingerprint density at radius 3 is 2.65 bits per heavy atom. The third kappa shape index (κ3) is 3.35. The third-order valence-corrected chi connectivity index (χ3v) is 4.59. The quantitative estimate of drug-likeness (QED) is 0.720. The van der Waals surface area contributed by atoms with Crippen molar-refractivity contribution in [3.8, 4) is 0 Å². The molecule has 0 bridgehead atoms. The first-order valence-corrected chi connectivity index (χ1v) is 8.68. The summed E-state index contributed by atoms with van der Waals surface area (Å²) in [5.41, 5.74) is 2.36. The van der Waals surface area contributed by atoms with Crippen molar-refractivity contribution in [1.82, 2.24) is 9.97 Å². The zero-order valence-corrected chi connectivity index (χ0v) is 14.4. The van der Waals surface area contributed by atoms with E-state index in [4.69, 9.17) is 0 Å². The number of carbonyl (C=O) groups excluding carboxylic acids is 1. The van der Waals surface area contributed by atoms with Gasteiger partial charge in [0.05, 0.1) is 10.9 Å². The van der Waals surface area contributed by atoms with Crippen molar-refractivity contribution in [1.29, 1.82) is 0 Å². The highest BCUT2D eigenvalue weighted by atomic mass is 19.1. The van der Waals surface area contributed by atoms with Crippen molar-refractivity contribution in [2.75, 3.05) is 10.6 Å². The van der Waals surface area contributed by atoms with Crippen molar-refractivity contribution in [3.05, 3.63) is 60.2 Å². The maximum Gasteiger partial charge on any atom is 0.227 e. The summed E-state index contributed by atoms with van der Waals surface area (Å²) in [7, 11) is 0. The van der Waals surface area contributed by atoms with Crippen LogP contribution in [-0.2, 0) is 4.79 Å². The molecule has 1 saturated carbocycles. The molecule has 2 aromatic carbocycles. The van der Waals surface area contributed by atoms with Gasteiger partial charge in [0.15, 0.2) is 0 Å². The molecule has 0 aliphatic heterocycles. The second kappa shape index (κ2) is 6.71. The smallest absolute Gasteiger partial charge is 0.227 e. The van der Waals surface area contributed by atoms with Crippen LogP contribution in [0.2, 0.25) is 0 Å². The van der Waals surface area contributed by atoms with Gasteiger partial charge in [0.2, 0.25) is 5.91 Å². The number of nitrogens with one attached hydrogen (secondary N) is 2. The Morgan fingerprint density at radius 1 is 1.15 bits per heavy atom. The number of nitrogens with zero attached hydrogens (tertiary/aromatic N) is 2. The molecule has 1 aromatic heterocycles. The van der Waals surface area contributed by atoms with Crippen LogP contribution in [0.25, 0.3) is 10.9 Å². The minimum atomic E-state index is -0.351. The molecule has 1 unspecified atom stereocenters. The standard InChI is InChI=1S/C20H19FN4O/c1-12(13-7-9-15(10-8-13)25-20(26)14-5-6-14)24-19-18-16(21)3-2-4-17(18)22-11-23-19/h2-4,7-12,14H,5-6H2,1H3,(H,25,26)(H,22,23,24). The highest BCUT2D eigenvalue weighted by molar-refractivity contribution is 5.94. The Morgan fingerprint density at radius 2 is 1.92 bits per heavy atom. The Balaban J connectivity index is 1.51. The number of amides is 1. The van der Waals surface area contributed by atoms with Crippen LogP contribution in [0.5, 0.6) is 0 Å². The number of aromatic nitrogens is 2. The molecule has 6 heteroatoms. The number of rotatable bonds is 5. The summed E-state index contributed by atoms with van der Waals surface area (Å²) in [6.45, 7) is 1.98. The molecule has 4 rings (SSSR count). The summed E-state index contributed by atoms with van der Waals surface area (Å²) in [6.07, 6.45) is 3.38. The van der Waals surface area contributed by atoms with Gasteiger partial charge in [-0.2, -0.15) is 0 Å². The Labute approximate surface area is 150 Å². The SMILES string of the molecule is CC(Nc1ncnc2cccc(F)c12)c1ccc(NC(=O)C2CC2)cc1. The number of anilines is 2. The highest BCUT2D eigenvalue weighted by Gasteiger charge is 2.29. The van der Waals surface area contributed by atoms with E-state index < -0.39 is 0 Å². The summed E-state index contributed by atoms with van der Waals surface area (Å²) in [6, 6.07) is 12.4. The number of benzene rings is 2. The fraction of sp³-hybridized carbons (Fsp3) is 0.250. The topological polar surface area (TPSA) is 66.9 Å². The molecular weight excluding hydrogens is 331 g/mol. The maximum absolute atomic E-state index is 14.2. The van der Waals surface area contributed by atoms with E-state index in [1.165, 1.54) is 12.4 Å². The van der Waals surface area contributed by atoms with E-state index in [9.17, 15) is 9.18 Å². The largest absolute Gasteiger partial charge is 0.363 e. The molecule has 1 aliphatic carbocycles. The predicted molar refractivity (Wildman–Crippen MR) is 99.3 cm³/mol. The lowest BCUT2D eigenvalue weighted by Gasteiger charge is -2.17. The van der Waals surface area contributed by atoms with Gasteiger partial charge in [-0.1, -0.05) is 18.2 Å². The molecule has 1 fully saturated rings. The molecule has 1 aliphatic rings. The molecule has 1 heterocycles. The summed E-state index contributed by atoms with van der Waals surface area (Å²) in [5, 5.41) is 6.56. The summed E-state index contributed by atoms with van der Waals surface area (Å²) in [4.78, 5) is 20.1. The zero-order valence-electron chi connectivity index (χ0n) is 14.4. The minimum absolute atomic E-state index is 0.0825. The predicted octanol–water partition coefficient (Wildman–Crippen LogP) is 4.29. The first-order chi connectivity index (χ1) is 12.6. The molecule has 0 saturated heterocycles. The first kappa shape index (κ1) is 16.4. The average molecular weight is 350 g/mol. The molecule has 0 radical (unpaired) electrons. The van der Waals surface area contributed by atoms with Gasteiger partial charge in [0.1, 0.15) is 18.0 Å².